The highest BCUT2D eigenvalue weighted by molar-refractivity contribution is 6.34. The zero-order valence-corrected chi connectivity index (χ0v) is 16.8. The van der Waals surface area contributed by atoms with Crippen molar-refractivity contribution < 1.29 is 28.3 Å². The largest absolute Gasteiger partial charge is 0.467 e. The van der Waals surface area contributed by atoms with Crippen LogP contribution in [0.3, 0.4) is 0 Å². The standard InChI is InChI=1S/C22H21FN2O5/c1-4-12(2)18(22(29)30-3)24-19(26)13-5-10-16-17(11-13)21(28)25(20(16)27)15-8-6-14(23)7-9-15/h5-12,18H,4H2,1-3H3,(H,24,26). The number of methoxy groups -OCH3 is 1. The number of rotatable bonds is 6. The molecule has 1 aliphatic heterocycles. The molecule has 1 heterocycles. The van der Waals surface area contributed by atoms with Gasteiger partial charge >= 0.3 is 5.97 Å². The number of amides is 3. The molecule has 30 heavy (non-hydrogen) atoms. The fraction of sp³-hybridized carbons (Fsp3) is 0.273. The number of fused-ring (bicyclic) bond motifs is 1. The molecular formula is C22H21FN2O5. The molecule has 2 atom stereocenters. The van der Waals surface area contributed by atoms with Crippen molar-refractivity contribution in [2.45, 2.75) is 26.3 Å². The molecule has 1 aliphatic rings. The summed E-state index contributed by atoms with van der Waals surface area (Å²) in [7, 11) is 1.24. The number of anilines is 1. The Bertz CT molecular complexity index is 1020. The van der Waals surface area contributed by atoms with E-state index in [4.69, 9.17) is 4.74 Å². The summed E-state index contributed by atoms with van der Waals surface area (Å²) in [5.74, 6) is -2.94. The number of hydrogen-bond donors (Lipinski definition) is 1. The van der Waals surface area contributed by atoms with Gasteiger partial charge in [-0.05, 0) is 48.4 Å². The van der Waals surface area contributed by atoms with Crippen LogP contribution < -0.4 is 10.2 Å². The van der Waals surface area contributed by atoms with Crippen molar-refractivity contribution in [1.29, 1.82) is 0 Å². The predicted octanol–water partition coefficient (Wildman–Crippen LogP) is 2.94. The first kappa shape index (κ1) is 21.2. The number of ether oxygens (including phenoxy) is 1. The van der Waals surface area contributed by atoms with Gasteiger partial charge in [0.1, 0.15) is 11.9 Å². The molecule has 0 spiro atoms. The zero-order valence-electron chi connectivity index (χ0n) is 16.8. The van der Waals surface area contributed by atoms with Crippen LogP contribution in [0.2, 0.25) is 0 Å². The summed E-state index contributed by atoms with van der Waals surface area (Å²) in [5.41, 5.74) is 0.576. The molecule has 3 amide bonds. The molecule has 0 aliphatic carbocycles. The Hall–Kier alpha value is -3.55. The number of carbonyl (C=O) groups excluding carboxylic acids is 4. The van der Waals surface area contributed by atoms with Crippen LogP contribution in [0.4, 0.5) is 10.1 Å². The third kappa shape index (κ3) is 3.80. The first-order valence-electron chi connectivity index (χ1n) is 9.45. The average Bonchev–Trinajstić information content (AvgIpc) is 3.01. The van der Waals surface area contributed by atoms with Gasteiger partial charge in [0, 0.05) is 5.56 Å². The maximum Gasteiger partial charge on any atom is 0.328 e. The summed E-state index contributed by atoms with van der Waals surface area (Å²) in [6, 6.07) is 8.26. The number of imide groups is 1. The Labute approximate surface area is 172 Å². The molecule has 0 bridgehead atoms. The molecule has 8 heteroatoms. The molecule has 0 saturated carbocycles. The van der Waals surface area contributed by atoms with Crippen molar-refractivity contribution in [3.63, 3.8) is 0 Å². The second-order valence-corrected chi connectivity index (χ2v) is 7.04. The number of nitrogens with one attached hydrogen (secondary N) is 1. The number of halogens is 1. The fourth-order valence-corrected chi connectivity index (χ4v) is 3.23. The molecule has 0 aromatic heterocycles. The number of nitrogens with zero attached hydrogens (tertiary/aromatic N) is 1. The van der Waals surface area contributed by atoms with E-state index in [1.807, 2.05) is 13.8 Å². The number of carbonyl (C=O) groups is 4. The maximum absolute atomic E-state index is 13.2. The second kappa shape index (κ2) is 8.44. The molecule has 0 saturated heterocycles. The van der Waals surface area contributed by atoms with E-state index < -0.39 is 35.5 Å². The molecule has 3 rings (SSSR count). The summed E-state index contributed by atoms with van der Waals surface area (Å²) in [6.45, 7) is 3.70. The van der Waals surface area contributed by atoms with Gasteiger partial charge in [0.2, 0.25) is 0 Å². The fourth-order valence-electron chi connectivity index (χ4n) is 3.23. The van der Waals surface area contributed by atoms with Gasteiger partial charge in [0.15, 0.2) is 0 Å². The van der Waals surface area contributed by atoms with Crippen molar-refractivity contribution in [3.8, 4) is 0 Å². The summed E-state index contributed by atoms with van der Waals surface area (Å²) in [5, 5.41) is 2.64. The summed E-state index contributed by atoms with van der Waals surface area (Å²) in [6.07, 6.45) is 0.643. The van der Waals surface area contributed by atoms with E-state index in [9.17, 15) is 23.6 Å². The van der Waals surface area contributed by atoms with E-state index in [0.717, 1.165) is 17.0 Å². The van der Waals surface area contributed by atoms with E-state index in [2.05, 4.69) is 5.32 Å². The Kier molecular flexibility index (Phi) is 5.96. The number of esters is 1. The highest BCUT2D eigenvalue weighted by Crippen LogP contribution is 2.29. The molecule has 1 N–H and O–H groups in total. The lowest BCUT2D eigenvalue weighted by molar-refractivity contribution is -0.144. The minimum atomic E-state index is -0.839. The summed E-state index contributed by atoms with van der Waals surface area (Å²) >= 11 is 0. The van der Waals surface area contributed by atoms with Crippen molar-refractivity contribution in [1.82, 2.24) is 5.32 Å². The minimum absolute atomic E-state index is 0.0649. The highest BCUT2D eigenvalue weighted by atomic mass is 19.1. The van der Waals surface area contributed by atoms with Crippen molar-refractivity contribution in [2.75, 3.05) is 12.0 Å². The molecule has 2 unspecified atom stereocenters. The van der Waals surface area contributed by atoms with Gasteiger partial charge in [-0.3, -0.25) is 14.4 Å². The van der Waals surface area contributed by atoms with Gasteiger partial charge in [-0.1, -0.05) is 20.3 Å². The van der Waals surface area contributed by atoms with Crippen LogP contribution in [0.25, 0.3) is 0 Å². The normalized spacial score (nSPS) is 14.9. The lowest BCUT2D eigenvalue weighted by atomic mass is 9.98. The first-order chi connectivity index (χ1) is 14.3. The van der Waals surface area contributed by atoms with Crippen LogP contribution in [0.15, 0.2) is 42.5 Å². The minimum Gasteiger partial charge on any atom is -0.467 e. The van der Waals surface area contributed by atoms with E-state index in [1.54, 1.807) is 0 Å². The Morgan fingerprint density at radius 3 is 2.30 bits per heavy atom. The quantitative estimate of drug-likeness (QED) is 0.582. The molecule has 0 fully saturated rings. The van der Waals surface area contributed by atoms with Gasteiger partial charge in [-0.2, -0.15) is 0 Å². The number of benzene rings is 2. The zero-order chi connectivity index (χ0) is 22.0. The lowest BCUT2D eigenvalue weighted by Gasteiger charge is -2.21. The van der Waals surface area contributed by atoms with Crippen molar-refractivity contribution in [2.24, 2.45) is 5.92 Å². The highest BCUT2D eigenvalue weighted by Gasteiger charge is 2.37. The van der Waals surface area contributed by atoms with E-state index in [1.165, 1.54) is 37.4 Å². The third-order valence-corrected chi connectivity index (χ3v) is 5.19. The first-order valence-corrected chi connectivity index (χ1v) is 9.45. The second-order valence-electron chi connectivity index (χ2n) is 7.04. The SMILES string of the molecule is CCC(C)C(NC(=O)c1ccc2c(c1)C(=O)N(c1ccc(F)cc1)C2=O)C(=O)OC. The Balaban J connectivity index is 1.88. The van der Waals surface area contributed by atoms with Gasteiger partial charge < -0.3 is 10.1 Å². The Morgan fingerprint density at radius 1 is 1.07 bits per heavy atom. The van der Waals surface area contributed by atoms with Crippen molar-refractivity contribution in [3.05, 3.63) is 65.0 Å². The van der Waals surface area contributed by atoms with E-state index in [-0.39, 0.29) is 28.3 Å². The monoisotopic (exact) mass is 412 g/mol. The molecule has 2 aromatic carbocycles. The van der Waals surface area contributed by atoms with Gasteiger partial charge in [-0.25, -0.2) is 14.1 Å². The Morgan fingerprint density at radius 2 is 1.70 bits per heavy atom. The van der Waals surface area contributed by atoms with E-state index >= 15 is 0 Å². The van der Waals surface area contributed by atoms with Crippen LogP contribution in [-0.4, -0.2) is 36.8 Å². The smallest absolute Gasteiger partial charge is 0.328 e. The van der Waals surface area contributed by atoms with Crippen LogP contribution in [0.5, 0.6) is 0 Å². The molecular weight excluding hydrogens is 391 g/mol. The van der Waals surface area contributed by atoms with Gasteiger partial charge in [-0.15, -0.1) is 0 Å². The molecule has 156 valence electrons. The van der Waals surface area contributed by atoms with Crippen molar-refractivity contribution >= 4 is 29.4 Å². The van der Waals surface area contributed by atoms with Crippen LogP contribution in [0.1, 0.15) is 51.3 Å². The third-order valence-electron chi connectivity index (χ3n) is 5.19. The van der Waals surface area contributed by atoms with Crippen LogP contribution >= 0.6 is 0 Å². The number of hydrogen-bond acceptors (Lipinski definition) is 5. The van der Waals surface area contributed by atoms with Crippen LogP contribution in [-0.2, 0) is 9.53 Å². The molecule has 7 nitrogen and oxygen atoms in total. The summed E-state index contributed by atoms with van der Waals surface area (Å²) in [4.78, 5) is 51.1. The van der Waals surface area contributed by atoms with E-state index in [0.29, 0.717) is 6.42 Å². The predicted molar refractivity (Wildman–Crippen MR) is 107 cm³/mol. The lowest BCUT2D eigenvalue weighted by Crippen LogP contribution is -2.45. The van der Waals surface area contributed by atoms with Crippen LogP contribution in [0, 0.1) is 11.7 Å². The molecule has 2 aromatic rings. The summed E-state index contributed by atoms with van der Waals surface area (Å²) < 4.78 is 17.9. The van der Waals surface area contributed by atoms with Gasteiger partial charge in [0.25, 0.3) is 17.7 Å². The average molecular weight is 412 g/mol. The maximum atomic E-state index is 13.2. The molecule has 0 radical (unpaired) electrons. The van der Waals surface area contributed by atoms with Gasteiger partial charge in [0.05, 0.1) is 23.9 Å². The topological polar surface area (TPSA) is 92.8 Å².